The van der Waals surface area contributed by atoms with E-state index in [1.165, 1.54) is 64.5 Å². The van der Waals surface area contributed by atoms with E-state index in [2.05, 4.69) is 24.5 Å². The molecule has 0 aliphatic carbocycles. The van der Waals surface area contributed by atoms with Crippen LogP contribution in [0.1, 0.15) is 58.3 Å². The molecular weight excluding hydrogens is 196 g/mol. The summed E-state index contributed by atoms with van der Waals surface area (Å²) in [6.07, 6.45) is 10.8. The molecule has 0 bridgehead atoms. The van der Waals surface area contributed by atoms with Gasteiger partial charge in [-0.1, -0.05) is 39.0 Å². The fraction of sp³-hybridized carbons (Fsp3) is 0.929. The molecule has 0 heterocycles. The van der Waals surface area contributed by atoms with Crippen LogP contribution in [0.4, 0.5) is 0 Å². The molecule has 0 aromatic rings. The van der Waals surface area contributed by atoms with Crippen LogP contribution < -0.4 is 10.6 Å². The minimum absolute atomic E-state index is 0.860. The van der Waals surface area contributed by atoms with Crippen LogP contribution in [0.5, 0.6) is 0 Å². The Morgan fingerprint density at radius 3 is 1.69 bits per heavy atom. The lowest BCUT2D eigenvalue weighted by Crippen LogP contribution is -2.17. The number of nitrogens with one attached hydrogen (secondary N) is 2. The summed E-state index contributed by atoms with van der Waals surface area (Å²) in [5.74, 6) is 0. The second kappa shape index (κ2) is 14.9. The van der Waals surface area contributed by atoms with Gasteiger partial charge in [-0.25, -0.2) is 0 Å². The van der Waals surface area contributed by atoms with E-state index in [1.807, 2.05) is 0 Å². The first-order chi connectivity index (χ1) is 7.91. The Hall–Kier alpha value is -0.0800. The third-order valence-corrected chi connectivity index (χ3v) is 2.84. The maximum absolute atomic E-state index is 3.75. The van der Waals surface area contributed by atoms with Gasteiger partial charge in [0, 0.05) is 0 Å². The Morgan fingerprint density at radius 1 is 0.688 bits per heavy atom. The van der Waals surface area contributed by atoms with E-state index >= 15 is 0 Å². The van der Waals surface area contributed by atoms with Crippen LogP contribution in [0.15, 0.2) is 0 Å². The molecule has 0 aromatic heterocycles. The van der Waals surface area contributed by atoms with Crippen molar-refractivity contribution >= 4 is 0 Å². The zero-order chi connectivity index (χ0) is 11.9. The summed E-state index contributed by atoms with van der Waals surface area (Å²) in [4.78, 5) is 0. The van der Waals surface area contributed by atoms with Crippen LogP contribution >= 0.6 is 0 Å². The fourth-order valence-corrected chi connectivity index (χ4v) is 1.78. The van der Waals surface area contributed by atoms with Crippen molar-refractivity contribution in [1.82, 2.24) is 10.6 Å². The molecule has 0 aliphatic rings. The van der Waals surface area contributed by atoms with Gasteiger partial charge in [0.2, 0.25) is 0 Å². The summed E-state index contributed by atoms with van der Waals surface area (Å²) in [6, 6.07) is 0. The molecule has 16 heavy (non-hydrogen) atoms. The van der Waals surface area contributed by atoms with Crippen LogP contribution in [0.2, 0.25) is 0 Å². The van der Waals surface area contributed by atoms with Crippen LogP contribution in [-0.4, -0.2) is 26.2 Å². The lowest BCUT2D eigenvalue weighted by atomic mass is 10.2. The third kappa shape index (κ3) is 13.9. The molecule has 0 saturated heterocycles. The van der Waals surface area contributed by atoms with E-state index in [4.69, 9.17) is 0 Å². The monoisotopic (exact) mass is 227 g/mol. The highest BCUT2D eigenvalue weighted by Crippen LogP contribution is 1.99. The average molecular weight is 227 g/mol. The number of hydrogen-bond donors (Lipinski definition) is 2. The number of hydrogen-bond acceptors (Lipinski definition) is 2. The second-order valence-corrected chi connectivity index (χ2v) is 4.47. The zero-order valence-corrected chi connectivity index (χ0v) is 11.2. The Labute approximate surface area is 103 Å². The number of rotatable bonds is 13. The van der Waals surface area contributed by atoms with Gasteiger partial charge in [0.15, 0.2) is 0 Å². The van der Waals surface area contributed by atoms with Crippen molar-refractivity contribution in [1.29, 1.82) is 0 Å². The summed E-state index contributed by atoms with van der Waals surface area (Å²) in [5, 5.41) is 6.77. The van der Waals surface area contributed by atoms with Crippen molar-refractivity contribution in [2.24, 2.45) is 0 Å². The van der Waals surface area contributed by atoms with Crippen molar-refractivity contribution in [3.05, 3.63) is 6.92 Å². The zero-order valence-electron chi connectivity index (χ0n) is 11.2. The molecule has 0 amide bonds. The van der Waals surface area contributed by atoms with Crippen molar-refractivity contribution < 1.29 is 0 Å². The maximum atomic E-state index is 3.75. The van der Waals surface area contributed by atoms with Crippen molar-refractivity contribution in [2.75, 3.05) is 26.2 Å². The van der Waals surface area contributed by atoms with Gasteiger partial charge in [0.1, 0.15) is 0 Å². The Bertz CT molecular complexity index is 101. The van der Waals surface area contributed by atoms with Gasteiger partial charge in [0.25, 0.3) is 0 Å². The van der Waals surface area contributed by atoms with Crippen molar-refractivity contribution in [3.63, 3.8) is 0 Å². The molecule has 97 valence electrons. The van der Waals surface area contributed by atoms with E-state index in [1.54, 1.807) is 0 Å². The largest absolute Gasteiger partial charge is 0.317 e. The highest BCUT2D eigenvalue weighted by atomic mass is 14.8. The smallest absolute Gasteiger partial charge is 0.00484 e. The van der Waals surface area contributed by atoms with Gasteiger partial charge in [-0.3, -0.25) is 0 Å². The maximum Gasteiger partial charge on any atom is -0.00484 e. The quantitative estimate of drug-likeness (QED) is 0.472. The minimum atomic E-state index is 0.860. The molecule has 0 rings (SSSR count). The van der Waals surface area contributed by atoms with Crippen LogP contribution in [0, 0.1) is 6.92 Å². The summed E-state index contributed by atoms with van der Waals surface area (Å²) in [6.45, 7) is 10.4. The molecule has 0 aromatic carbocycles. The van der Waals surface area contributed by atoms with Gasteiger partial charge < -0.3 is 10.6 Å². The summed E-state index contributed by atoms with van der Waals surface area (Å²) >= 11 is 0. The Morgan fingerprint density at radius 2 is 1.19 bits per heavy atom. The molecule has 0 fully saturated rings. The normalized spacial score (nSPS) is 10.9. The first-order valence-electron chi connectivity index (χ1n) is 7.12. The summed E-state index contributed by atoms with van der Waals surface area (Å²) in [5.41, 5.74) is 0. The molecule has 0 spiro atoms. The Balaban J connectivity index is 2.83. The van der Waals surface area contributed by atoms with Gasteiger partial charge in [-0.05, 0) is 52.4 Å². The molecule has 0 saturated carbocycles. The lowest BCUT2D eigenvalue weighted by Gasteiger charge is -2.04. The first-order valence-corrected chi connectivity index (χ1v) is 7.12. The van der Waals surface area contributed by atoms with Gasteiger partial charge in [-0.2, -0.15) is 0 Å². The topological polar surface area (TPSA) is 24.1 Å². The van der Waals surface area contributed by atoms with Crippen LogP contribution in [0.3, 0.4) is 0 Å². The van der Waals surface area contributed by atoms with E-state index in [-0.39, 0.29) is 0 Å². The molecule has 1 radical (unpaired) electrons. The van der Waals surface area contributed by atoms with E-state index in [0.717, 1.165) is 13.1 Å². The SMILES string of the molecule is [CH2]CNCCCCCCNCCCCCC. The van der Waals surface area contributed by atoms with Crippen LogP contribution in [0.25, 0.3) is 0 Å². The van der Waals surface area contributed by atoms with Crippen molar-refractivity contribution in [3.8, 4) is 0 Å². The number of unbranched alkanes of at least 4 members (excludes halogenated alkanes) is 6. The molecule has 0 unspecified atom stereocenters. The van der Waals surface area contributed by atoms with E-state index in [9.17, 15) is 0 Å². The lowest BCUT2D eigenvalue weighted by molar-refractivity contribution is 0.552. The van der Waals surface area contributed by atoms with E-state index in [0.29, 0.717) is 0 Å². The summed E-state index contributed by atoms with van der Waals surface area (Å²) in [7, 11) is 0. The molecule has 2 N–H and O–H groups in total. The average Bonchev–Trinajstić information content (AvgIpc) is 2.31. The van der Waals surface area contributed by atoms with Gasteiger partial charge in [-0.15, -0.1) is 0 Å². The first kappa shape index (κ1) is 15.9. The molecule has 2 heteroatoms. The third-order valence-electron chi connectivity index (χ3n) is 2.84. The predicted octanol–water partition coefficient (Wildman–Crippen LogP) is 3.14. The van der Waals surface area contributed by atoms with E-state index < -0.39 is 0 Å². The molecule has 0 aliphatic heterocycles. The highest BCUT2D eigenvalue weighted by Gasteiger charge is 1.91. The standard InChI is InChI=1S/C14H31N2/c1-3-5-6-9-13-16-14-11-8-7-10-12-15-4-2/h15-16H,2-14H2,1H3. The second-order valence-electron chi connectivity index (χ2n) is 4.47. The molecule has 2 nitrogen and oxygen atoms in total. The highest BCUT2D eigenvalue weighted by molar-refractivity contribution is 4.52. The van der Waals surface area contributed by atoms with Gasteiger partial charge in [0.05, 0.1) is 0 Å². The minimum Gasteiger partial charge on any atom is -0.317 e. The molecular formula is C14H31N2. The summed E-state index contributed by atoms with van der Waals surface area (Å²) < 4.78 is 0. The van der Waals surface area contributed by atoms with Gasteiger partial charge >= 0.3 is 0 Å². The van der Waals surface area contributed by atoms with Crippen LogP contribution in [-0.2, 0) is 0 Å². The predicted molar refractivity (Wildman–Crippen MR) is 73.7 cm³/mol. The fourth-order valence-electron chi connectivity index (χ4n) is 1.78. The van der Waals surface area contributed by atoms with Crippen molar-refractivity contribution in [2.45, 2.75) is 58.3 Å². The molecule has 0 atom stereocenters. The Kier molecular flexibility index (Phi) is 14.8.